The van der Waals surface area contributed by atoms with E-state index in [0.717, 1.165) is 49.9 Å². The van der Waals surface area contributed by atoms with Gasteiger partial charge in [0.1, 0.15) is 5.75 Å². The van der Waals surface area contributed by atoms with Crippen molar-refractivity contribution in [1.82, 2.24) is 4.90 Å². The molecule has 0 bridgehead atoms. The highest BCUT2D eigenvalue weighted by Gasteiger charge is 2.23. The molecule has 2 aliphatic heterocycles. The molecule has 26 heavy (non-hydrogen) atoms. The molecule has 0 spiro atoms. The molecule has 2 aromatic rings. The van der Waals surface area contributed by atoms with Crippen molar-refractivity contribution in [3.63, 3.8) is 0 Å². The maximum atomic E-state index is 6.00. The first-order valence-corrected chi connectivity index (χ1v) is 9.07. The van der Waals surface area contributed by atoms with Gasteiger partial charge in [0, 0.05) is 26.1 Å². The van der Waals surface area contributed by atoms with Crippen molar-refractivity contribution in [3.05, 3.63) is 53.1 Å². The summed E-state index contributed by atoms with van der Waals surface area (Å²) >= 11 is 0. The van der Waals surface area contributed by atoms with Gasteiger partial charge >= 0.3 is 0 Å². The van der Waals surface area contributed by atoms with Crippen LogP contribution in [0.5, 0.6) is 17.2 Å². The van der Waals surface area contributed by atoms with Crippen LogP contribution in [0.1, 0.15) is 16.7 Å². The van der Waals surface area contributed by atoms with Crippen molar-refractivity contribution in [2.24, 2.45) is 0 Å². The van der Waals surface area contributed by atoms with Crippen LogP contribution in [0.25, 0.3) is 0 Å². The van der Waals surface area contributed by atoms with Crippen molar-refractivity contribution in [2.75, 3.05) is 33.6 Å². The van der Waals surface area contributed by atoms with Crippen LogP contribution < -0.4 is 14.2 Å². The number of aryl methyl sites for hydroxylation is 1. The number of fused-ring (bicyclic) bond motifs is 1. The monoisotopic (exact) mass is 355 g/mol. The molecule has 5 heteroatoms. The summed E-state index contributed by atoms with van der Waals surface area (Å²) in [4.78, 5) is 2.46. The van der Waals surface area contributed by atoms with Gasteiger partial charge in [0.2, 0.25) is 6.79 Å². The normalized spacial score (nSPS) is 19.5. The molecule has 138 valence electrons. The summed E-state index contributed by atoms with van der Waals surface area (Å²) in [6, 6.07) is 12.4. The summed E-state index contributed by atoms with van der Waals surface area (Å²) < 4.78 is 22.3. The molecule has 0 radical (unpaired) electrons. The average Bonchev–Trinajstić information content (AvgIpc) is 3.09. The molecule has 1 fully saturated rings. The number of hydrogen-bond acceptors (Lipinski definition) is 5. The summed E-state index contributed by atoms with van der Waals surface area (Å²) in [5.41, 5.74) is 3.77. The summed E-state index contributed by atoms with van der Waals surface area (Å²) in [7, 11) is 1.70. The standard InChI is InChI=1S/C21H25NO4/c1-15-8-20-21(26-14-25-20)11-17(15)12-22-6-7-24-19(13-22)10-16-4-3-5-18(9-16)23-2/h3-5,8-9,11,19H,6-7,10,12-14H2,1-2H3/t19-/m0/s1. The van der Waals surface area contributed by atoms with E-state index in [1.165, 1.54) is 16.7 Å². The van der Waals surface area contributed by atoms with Crippen LogP contribution in [0.15, 0.2) is 36.4 Å². The Morgan fingerprint density at radius 1 is 1.15 bits per heavy atom. The van der Waals surface area contributed by atoms with Crippen molar-refractivity contribution in [2.45, 2.75) is 26.0 Å². The maximum Gasteiger partial charge on any atom is 0.231 e. The third kappa shape index (κ3) is 3.79. The Morgan fingerprint density at radius 2 is 2.00 bits per heavy atom. The van der Waals surface area contributed by atoms with Gasteiger partial charge in [-0.3, -0.25) is 4.90 Å². The highest BCUT2D eigenvalue weighted by Crippen LogP contribution is 2.35. The molecule has 0 aliphatic carbocycles. The molecule has 1 atom stereocenters. The Kier molecular flexibility index (Phi) is 5.00. The zero-order chi connectivity index (χ0) is 17.9. The van der Waals surface area contributed by atoms with Crippen molar-refractivity contribution in [1.29, 1.82) is 0 Å². The van der Waals surface area contributed by atoms with E-state index < -0.39 is 0 Å². The largest absolute Gasteiger partial charge is 0.497 e. The number of benzene rings is 2. The minimum Gasteiger partial charge on any atom is -0.497 e. The minimum absolute atomic E-state index is 0.199. The Morgan fingerprint density at radius 3 is 2.85 bits per heavy atom. The summed E-state index contributed by atoms with van der Waals surface area (Å²) in [6.07, 6.45) is 1.10. The SMILES string of the molecule is COc1cccc(C[C@H]2CN(Cc3cc4c(cc3C)OCO4)CCO2)c1. The maximum absolute atomic E-state index is 6.00. The molecule has 2 aliphatic rings. The number of ether oxygens (including phenoxy) is 4. The van der Waals surface area contributed by atoms with Gasteiger partial charge in [-0.15, -0.1) is 0 Å². The first-order chi connectivity index (χ1) is 12.7. The number of hydrogen-bond donors (Lipinski definition) is 0. The lowest BCUT2D eigenvalue weighted by atomic mass is 10.0. The fourth-order valence-electron chi connectivity index (χ4n) is 3.61. The van der Waals surface area contributed by atoms with Crippen molar-refractivity contribution < 1.29 is 18.9 Å². The Bertz CT molecular complexity index is 777. The molecule has 2 heterocycles. The van der Waals surface area contributed by atoms with E-state index in [2.05, 4.69) is 36.1 Å². The molecule has 1 saturated heterocycles. The highest BCUT2D eigenvalue weighted by molar-refractivity contribution is 5.48. The zero-order valence-corrected chi connectivity index (χ0v) is 15.4. The van der Waals surface area contributed by atoms with Crippen LogP contribution in [0.4, 0.5) is 0 Å². The number of methoxy groups -OCH3 is 1. The highest BCUT2D eigenvalue weighted by atomic mass is 16.7. The number of morpholine rings is 1. The summed E-state index contributed by atoms with van der Waals surface area (Å²) in [6.45, 7) is 5.98. The topological polar surface area (TPSA) is 40.2 Å². The smallest absolute Gasteiger partial charge is 0.231 e. The van der Waals surface area contributed by atoms with E-state index in [9.17, 15) is 0 Å². The summed E-state index contributed by atoms with van der Waals surface area (Å²) in [5.74, 6) is 2.60. The van der Waals surface area contributed by atoms with E-state index >= 15 is 0 Å². The zero-order valence-electron chi connectivity index (χ0n) is 15.4. The molecule has 0 unspecified atom stereocenters. The average molecular weight is 355 g/mol. The quantitative estimate of drug-likeness (QED) is 0.824. The van der Waals surface area contributed by atoms with Gasteiger partial charge in [-0.2, -0.15) is 0 Å². The predicted molar refractivity (Wildman–Crippen MR) is 99.0 cm³/mol. The van der Waals surface area contributed by atoms with E-state index in [4.69, 9.17) is 18.9 Å². The molecular weight excluding hydrogens is 330 g/mol. The second-order valence-electron chi connectivity index (χ2n) is 6.92. The van der Waals surface area contributed by atoms with Gasteiger partial charge in [0.15, 0.2) is 11.5 Å². The second kappa shape index (κ2) is 7.56. The van der Waals surface area contributed by atoms with Crippen LogP contribution in [0, 0.1) is 6.92 Å². The molecule has 0 N–H and O–H groups in total. The predicted octanol–water partition coefficient (Wildman–Crippen LogP) is 3.18. The second-order valence-corrected chi connectivity index (χ2v) is 6.92. The summed E-state index contributed by atoms with van der Waals surface area (Å²) in [5, 5.41) is 0. The lowest BCUT2D eigenvalue weighted by molar-refractivity contribution is -0.0305. The van der Waals surface area contributed by atoms with Gasteiger partial charge in [0.25, 0.3) is 0 Å². The van der Waals surface area contributed by atoms with Gasteiger partial charge in [-0.1, -0.05) is 12.1 Å². The Balaban J connectivity index is 1.41. The van der Waals surface area contributed by atoms with E-state index in [0.29, 0.717) is 6.79 Å². The fourth-order valence-corrected chi connectivity index (χ4v) is 3.61. The third-order valence-electron chi connectivity index (χ3n) is 5.05. The van der Waals surface area contributed by atoms with E-state index in [-0.39, 0.29) is 6.10 Å². The van der Waals surface area contributed by atoms with E-state index in [1.54, 1.807) is 7.11 Å². The minimum atomic E-state index is 0.199. The first kappa shape index (κ1) is 17.2. The van der Waals surface area contributed by atoms with Gasteiger partial charge < -0.3 is 18.9 Å². The lowest BCUT2D eigenvalue weighted by Crippen LogP contribution is -2.42. The van der Waals surface area contributed by atoms with Crippen LogP contribution in [-0.2, 0) is 17.7 Å². The molecule has 2 aromatic carbocycles. The van der Waals surface area contributed by atoms with Gasteiger partial charge in [-0.05, 0) is 47.9 Å². The molecule has 0 aromatic heterocycles. The number of nitrogens with zero attached hydrogens (tertiary/aromatic N) is 1. The molecule has 5 nitrogen and oxygen atoms in total. The number of rotatable bonds is 5. The van der Waals surface area contributed by atoms with Gasteiger partial charge in [-0.25, -0.2) is 0 Å². The molecule has 4 rings (SSSR count). The lowest BCUT2D eigenvalue weighted by Gasteiger charge is -2.33. The first-order valence-electron chi connectivity index (χ1n) is 9.07. The fraction of sp³-hybridized carbons (Fsp3) is 0.429. The van der Waals surface area contributed by atoms with Gasteiger partial charge in [0.05, 0.1) is 19.8 Å². The Labute approximate surface area is 154 Å². The molecule has 0 saturated carbocycles. The van der Waals surface area contributed by atoms with Crippen molar-refractivity contribution >= 4 is 0 Å². The van der Waals surface area contributed by atoms with Crippen LogP contribution in [-0.4, -0.2) is 44.6 Å². The Hall–Kier alpha value is -2.24. The molecule has 0 amide bonds. The third-order valence-corrected chi connectivity index (χ3v) is 5.05. The van der Waals surface area contributed by atoms with Crippen LogP contribution in [0.2, 0.25) is 0 Å². The van der Waals surface area contributed by atoms with Crippen LogP contribution >= 0.6 is 0 Å². The van der Waals surface area contributed by atoms with Crippen molar-refractivity contribution in [3.8, 4) is 17.2 Å². The van der Waals surface area contributed by atoms with E-state index in [1.807, 2.05) is 12.1 Å². The molecular formula is C21H25NO4. The van der Waals surface area contributed by atoms with Crippen LogP contribution in [0.3, 0.4) is 0 Å².